The van der Waals surface area contributed by atoms with Gasteiger partial charge in [0.2, 0.25) is 0 Å². The number of allylic oxidation sites excluding steroid dienone is 2. The molecule has 0 fully saturated rings. The molecular weight excluding hydrogens is 352 g/mol. The number of carbonyl (C=O) groups excluding carboxylic acids is 1. The Hall–Kier alpha value is -3.11. The molecule has 3 aromatic rings. The van der Waals surface area contributed by atoms with Crippen LogP contribution in [0.25, 0.3) is 21.5 Å². The molecule has 1 atom stereocenters. The number of fused-ring (bicyclic) bond motifs is 2. The molecule has 0 saturated carbocycles. The minimum Gasteiger partial charge on any atom is -0.491 e. The summed E-state index contributed by atoms with van der Waals surface area (Å²) in [5.74, 6) is 0.156. The van der Waals surface area contributed by atoms with Crippen LogP contribution < -0.4 is 0 Å². The van der Waals surface area contributed by atoms with Gasteiger partial charge in [0.25, 0.3) is 0 Å². The van der Waals surface area contributed by atoms with Crippen LogP contribution >= 0.6 is 0 Å². The highest BCUT2D eigenvalue weighted by molar-refractivity contribution is 6.16. The highest BCUT2D eigenvalue weighted by Gasteiger charge is 2.18. The summed E-state index contributed by atoms with van der Waals surface area (Å²) in [5.41, 5.74) is 1.47. The molecule has 0 aliphatic heterocycles. The van der Waals surface area contributed by atoms with Crippen LogP contribution in [0.2, 0.25) is 0 Å². The van der Waals surface area contributed by atoms with Crippen molar-refractivity contribution in [2.75, 3.05) is 13.2 Å². The van der Waals surface area contributed by atoms with Crippen molar-refractivity contribution in [3.05, 3.63) is 84.1 Å². The maximum Gasteiger partial charge on any atom is 0.339 e. The van der Waals surface area contributed by atoms with Gasteiger partial charge in [0.05, 0.1) is 5.56 Å². The van der Waals surface area contributed by atoms with Crippen LogP contribution in [-0.2, 0) is 9.47 Å². The fourth-order valence-corrected chi connectivity index (χ4v) is 3.12. The summed E-state index contributed by atoms with van der Waals surface area (Å²) in [4.78, 5) is 12.9. The summed E-state index contributed by atoms with van der Waals surface area (Å²) in [6, 6.07) is 17.5. The van der Waals surface area contributed by atoms with Crippen molar-refractivity contribution in [3.63, 3.8) is 0 Å². The van der Waals surface area contributed by atoms with Crippen LogP contribution in [0.5, 0.6) is 0 Å². The van der Waals surface area contributed by atoms with Crippen molar-refractivity contribution in [2.24, 2.45) is 0 Å². The Morgan fingerprint density at radius 1 is 1.00 bits per heavy atom. The zero-order chi connectivity index (χ0) is 20.1. The van der Waals surface area contributed by atoms with Crippen LogP contribution in [-0.4, -0.2) is 30.4 Å². The van der Waals surface area contributed by atoms with E-state index in [1.54, 1.807) is 6.08 Å². The van der Waals surface area contributed by atoms with Gasteiger partial charge in [-0.1, -0.05) is 55.1 Å². The Bertz CT molecular complexity index is 991. The SMILES string of the molecule is C=CC(OCC(O)COC(=O)c1c2ccccc2cc2ccccc12)=C(C)C. The number of hydrogen-bond donors (Lipinski definition) is 1. The van der Waals surface area contributed by atoms with E-state index >= 15 is 0 Å². The van der Waals surface area contributed by atoms with Crippen molar-refractivity contribution >= 4 is 27.5 Å². The number of carbonyl (C=O) groups is 1. The normalized spacial score (nSPS) is 11.8. The molecule has 0 spiro atoms. The lowest BCUT2D eigenvalue weighted by Gasteiger charge is -2.15. The van der Waals surface area contributed by atoms with Gasteiger partial charge in [-0.15, -0.1) is 0 Å². The first-order chi connectivity index (χ1) is 13.5. The van der Waals surface area contributed by atoms with E-state index in [0.29, 0.717) is 11.3 Å². The number of esters is 1. The van der Waals surface area contributed by atoms with Crippen molar-refractivity contribution in [1.29, 1.82) is 0 Å². The first-order valence-electron chi connectivity index (χ1n) is 9.19. The van der Waals surface area contributed by atoms with E-state index < -0.39 is 12.1 Å². The van der Waals surface area contributed by atoms with Crippen molar-refractivity contribution in [1.82, 2.24) is 0 Å². The third kappa shape index (κ3) is 4.24. The highest BCUT2D eigenvalue weighted by atomic mass is 16.5. The van der Waals surface area contributed by atoms with Gasteiger partial charge in [0.15, 0.2) is 0 Å². The molecule has 1 N–H and O–H groups in total. The Labute approximate surface area is 164 Å². The predicted octanol–water partition coefficient (Wildman–Crippen LogP) is 5.01. The smallest absolute Gasteiger partial charge is 0.339 e. The fraction of sp³-hybridized carbons (Fsp3) is 0.208. The third-order valence-electron chi connectivity index (χ3n) is 4.49. The summed E-state index contributed by atoms with van der Waals surface area (Å²) in [6.45, 7) is 7.35. The molecule has 0 bridgehead atoms. The molecule has 1 unspecified atom stereocenters. The van der Waals surface area contributed by atoms with Crippen LogP contribution in [0.3, 0.4) is 0 Å². The maximum atomic E-state index is 12.9. The second-order valence-electron chi connectivity index (χ2n) is 6.83. The lowest BCUT2D eigenvalue weighted by molar-refractivity contribution is 0.00399. The zero-order valence-electron chi connectivity index (χ0n) is 16.1. The average Bonchev–Trinajstić information content (AvgIpc) is 2.70. The lowest BCUT2D eigenvalue weighted by atomic mass is 9.97. The standard InChI is InChI=1S/C24H24O4/c1-4-22(16(2)3)27-14-19(25)15-28-24(26)23-20-11-7-5-9-17(20)13-18-10-6-8-12-21(18)23/h4-13,19,25H,1,14-15H2,2-3H3. The summed E-state index contributed by atoms with van der Waals surface area (Å²) in [6.07, 6.45) is 0.663. The summed E-state index contributed by atoms with van der Waals surface area (Å²) < 4.78 is 10.9. The van der Waals surface area contributed by atoms with E-state index in [-0.39, 0.29) is 13.2 Å². The second kappa shape index (κ2) is 8.72. The first kappa shape index (κ1) is 19.6. The van der Waals surface area contributed by atoms with E-state index in [2.05, 4.69) is 12.6 Å². The topological polar surface area (TPSA) is 55.8 Å². The van der Waals surface area contributed by atoms with Gasteiger partial charge in [-0.25, -0.2) is 4.79 Å². The number of hydrogen-bond acceptors (Lipinski definition) is 4. The lowest BCUT2D eigenvalue weighted by Crippen LogP contribution is -2.24. The molecular formula is C24H24O4. The molecule has 28 heavy (non-hydrogen) atoms. The minimum atomic E-state index is -0.931. The van der Waals surface area contributed by atoms with Gasteiger partial charge >= 0.3 is 5.97 Å². The molecule has 3 rings (SSSR count). The first-order valence-corrected chi connectivity index (χ1v) is 9.19. The van der Waals surface area contributed by atoms with Crippen LogP contribution in [0.15, 0.2) is 78.6 Å². The molecule has 144 valence electrons. The number of rotatable bonds is 7. The Kier molecular flexibility index (Phi) is 6.12. The molecule has 0 aromatic heterocycles. The Balaban J connectivity index is 1.79. The third-order valence-corrected chi connectivity index (χ3v) is 4.49. The number of benzene rings is 3. The maximum absolute atomic E-state index is 12.9. The zero-order valence-corrected chi connectivity index (χ0v) is 16.1. The van der Waals surface area contributed by atoms with Crippen molar-refractivity contribution < 1.29 is 19.4 Å². The Morgan fingerprint density at radius 3 is 2.07 bits per heavy atom. The molecule has 0 heterocycles. The number of aliphatic hydroxyl groups excluding tert-OH is 1. The van der Waals surface area contributed by atoms with Crippen LogP contribution in [0.4, 0.5) is 0 Å². The van der Waals surface area contributed by atoms with Crippen LogP contribution in [0, 0.1) is 0 Å². The average molecular weight is 376 g/mol. The monoisotopic (exact) mass is 376 g/mol. The van der Waals surface area contributed by atoms with E-state index in [1.165, 1.54) is 0 Å². The van der Waals surface area contributed by atoms with Gasteiger partial charge in [-0.05, 0) is 53.1 Å². The van der Waals surface area contributed by atoms with E-state index in [4.69, 9.17) is 9.47 Å². The molecule has 0 radical (unpaired) electrons. The number of ether oxygens (including phenoxy) is 2. The highest BCUT2D eigenvalue weighted by Crippen LogP contribution is 2.29. The molecule has 0 aliphatic carbocycles. The molecule has 0 aliphatic rings. The largest absolute Gasteiger partial charge is 0.491 e. The Morgan fingerprint density at radius 2 is 1.54 bits per heavy atom. The van der Waals surface area contributed by atoms with Gasteiger partial charge < -0.3 is 14.6 Å². The quantitative estimate of drug-likeness (QED) is 0.273. The summed E-state index contributed by atoms with van der Waals surface area (Å²) in [7, 11) is 0. The predicted molar refractivity (Wildman–Crippen MR) is 112 cm³/mol. The van der Waals surface area contributed by atoms with Gasteiger partial charge in [-0.2, -0.15) is 0 Å². The molecule has 4 nitrogen and oxygen atoms in total. The van der Waals surface area contributed by atoms with Crippen molar-refractivity contribution in [2.45, 2.75) is 20.0 Å². The van der Waals surface area contributed by atoms with E-state index in [1.807, 2.05) is 62.4 Å². The summed E-state index contributed by atoms with van der Waals surface area (Å²) in [5, 5.41) is 13.7. The van der Waals surface area contributed by atoms with E-state index in [9.17, 15) is 9.90 Å². The molecule has 4 heteroatoms. The van der Waals surface area contributed by atoms with Crippen molar-refractivity contribution in [3.8, 4) is 0 Å². The summed E-state index contributed by atoms with van der Waals surface area (Å²) >= 11 is 0. The molecule has 3 aromatic carbocycles. The molecule has 0 saturated heterocycles. The molecule has 0 amide bonds. The second-order valence-corrected chi connectivity index (χ2v) is 6.83. The van der Waals surface area contributed by atoms with Gasteiger partial charge in [-0.3, -0.25) is 0 Å². The number of aliphatic hydroxyl groups is 1. The van der Waals surface area contributed by atoms with E-state index in [0.717, 1.165) is 27.1 Å². The van der Waals surface area contributed by atoms with Gasteiger partial charge in [0, 0.05) is 0 Å². The van der Waals surface area contributed by atoms with Crippen LogP contribution in [0.1, 0.15) is 24.2 Å². The fourth-order valence-electron chi connectivity index (χ4n) is 3.12. The van der Waals surface area contributed by atoms with Gasteiger partial charge in [0.1, 0.15) is 25.1 Å². The minimum absolute atomic E-state index is 0.0239.